The number of phenolic OH excluding ortho intramolecular Hbond substituents is 1. The molecule has 0 saturated carbocycles. The van der Waals surface area contributed by atoms with Gasteiger partial charge in [-0.25, -0.2) is 0 Å². The molecule has 1 aliphatic rings. The highest BCUT2D eigenvalue weighted by Crippen LogP contribution is 2.42. The van der Waals surface area contributed by atoms with Gasteiger partial charge in [0.1, 0.15) is 12.8 Å². The largest absolute Gasteiger partial charge is 0.507 e. The monoisotopic (exact) mass is 377 g/mol. The maximum Gasteiger partial charge on any atom is 0.209 e. The van der Waals surface area contributed by atoms with Crippen molar-refractivity contribution >= 4 is 23.2 Å². The van der Waals surface area contributed by atoms with Crippen molar-refractivity contribution in [3.8, 4) is 5.75 Å². The van der Waals surface area contributed by atoms with E-state index in [2.05, 4.69) is 81.5 Å². The van der Waals surface area contributed by atoms with E-state index < -0.39 is 0 Å². The van der Waals surface area contributed by atoms with Crippen LogP contribution in [0.2, 0.25) is 0 Å². The summed E-state index contributed by atoms with van der Waals surface area (Å²) in [5, 5.41) is 10.6. The molecule has 0 radical (unpaired) electrons. The average molecular weight is 378 g/mol. The molecule has 148 valence electrons. The Hall–Kier alpha value is -2.55. The van der Waals surface area contributed by atoms with E-state index in [-0.39, 0.29) is 5.41 Å². The number of hydrogen-bond acceptors (Lipinski definition) is 2. The van der Waals surface area contributed by atoms with Gasteiger partial charge < -0.3 is 10.0 Å². The quantitative estimate of drug-likeness (QED) is 0.658. The number of allylic oxidation sites excluding steroid dienone is 1. The zero-order chi connectivity index (χ0) is 20.5. The molecule has 1 atom stereocenters. The fourth-order valence-electron chi connectivity index (χ4n) is 4.32. The standard InChI is InChI=1S/C25H32N2O/c1-7-25(5)21-16-18(4)10-14-22(21)26(6)24(25)15-12-19-11-13-20(17-23(19)28)27(8-2)9-3/h10-17H,7-9H2,1-6H3/p+1. The first-order valence-electron chi connectivity index (χ1n) is 10.3. The molecule has 0 fully saturated rings. The molecule has 28 heavy (non-hydrogen) atoms. The van der Waals surface area contributed by atoms with Gasteiger partial charge in [0, 0.05) is 48.1 Å². The second-order valence-electron chi connectivity index (χ2n) is 7.90. The van der Waals surface area contributed by atoms with Crippen LogP contribution in [-0.4, -0.2) is 35.5 Å². The summed E-state index contributed by atoms with van der Waals surface area (Å²) in [5.41, 5.74) is 7.11. The van der Waals surface area contributed by atoms with Crippen LogP contribution < -0.4 is 4.90 Å². The van der Waals surface area contributed by atoms with Crippen molar-refractivity contribution in [3.63, 3.8) is 0 Å². The zero-order valence-corrected chi connectivity index (χ0v) is 18.1. The number of aryl methyl sites for hydroxylation is 1. The summed E-state index contributed by atoms with van der Waals surface area (Å²) >= 11 is 0. The Morgan fingerprint density at radius 2 is 1.75 bits per heavy atom. The third-order valence-electron chi connectivity index (χ3n) is 6.31. The van der Waals surface area contributed by atoms with Crippen molar-refractivity contribution < 1.29 is 9.68 Å². The molecule has 2 aromatic rings. The first kappa shape index (κ1) is 20.2. The molecule has 0 amide bonds. The minimum atomic E-state index is -0.0244. The molecule has 1 aliphatic heterocycles. The molecule has 0 aromatic heterocycles. The average Bonchev–Trinajstić information content (AvgIpc) is 2.89. The van der Waals surface area contributed by atoms with Gasteiger partial charge in [0.25, 0.3) is 0 Å². The molecule has 0 aliphatic carbocycles. The highest BCUT2D eigenvalue weighted by Gasteiger charge is 2.45. The number of fused-ring (bicyclic) bond motifs is 1. The minimum Gasteiger partial charge on any atom is -0.507 e. The van der Waals surface area contributed by atoms with Crippen LogP contribution in [0.3, 0.4) is 0 Å². The number of benzene rings is 2. The summed E-state index contributed by atoms with van der Waals surface area (Å²) in [7, 11) is 2.14. The second kappa shape index (κ2) is 7.83. The van der Waals surface area contributed by atoms with E-state index in [1.165, 1.54) is 22.5 Å². The fraction of sp³-hybridized carbons (Fsp3) is 0.400. The van der Waals surface area contributed by atoms with Crippen molar-refractivity contribution in [1.29, 1.82) is 0 Å². The Kier molecular flexibility index (Phi) is 5.64. The predicted molar refractivity (Wildman–Crippen MR) is 120 cm³/mol. The van der Waals surface area contributed by atoms with Gasteiger partial charge in [-0.15, -0.1) is 0 Å². The number of rotatable bonds is 6. The summed E-state index contributed by atoms with van der Waals surface area (Å²) < 4.78 is 2.29. The van der Waals surface area contributed by atoms with Crippen LogP contribution in [0.4, 0.5) is 11.4 Å². The molecule has 0 bridgehead atoms. The van der Waals surface area contributed by atoms with E-state index >= 15 is 0 Å². The number of aromatic hydroxyl groups is 1. The lowest BCUT2D eigenvalue weighted by molar-refractivity contribution is -0.401. The van der Waals surface area contributed by atoms with Gasteiger partial charge in [0.05, 0.1) is 5.41 Å². The van der Waals surface area contributed by atoms with Gasteiger partial charge >= 0.3 is 0 Å². The van der Waals surface area contributed by atoms with Gasteiger partial charge in [-0.1, -0.05) is 18.6 Å². The van der Waals surface area contributed by atoms with Gasteiger partial charge in [0.2, 0.25) is 5.69 Å². The number of hydrogen-bond donors (Lipinski definition) is 1. The summed E-state index contributed by atoms with van der Waals surface area (Å²) in [6.45, 7) is 12.8. The van der Waals surface area contributed by atoms with Crippen LogP contribution >= 0.6 is 0 Å². The van der Waals surface area contributed by atoms with E-state index in [9.17, 15) is 5.11 Å². The molecule has 3 nitrogen and oxygen atoms in total. The lowest BCUT2D eigenvalue weighted by atomic mass is 9.76. The minimum absolute atomic E-state index is 0.0244. The summed E-state index contributed by atoms with van der Waals surface area (Å²) in [5.74, 6) is 0.327. The third-order valence-corrected chi connectivity index (χ3v) is 6.31. The molecule has 2 aromatic carbocycles. The second-order valence-corrected chi connectivity index (χ2v) is 7.90. The SMILES string of the molecule is CCN(CC)c1ccc(/C=C/C2=[N+](C)c3ccc(C)cc3C2(C)CC)c(O)c1. The number of phenols is 1. The van der Waals surface area contributed by atoms with Crippen molar-refractivity contribution in [3.05, 3.63) is 59.2 Å². The molecular weight excluding hydrogens is 344 g/mol. The zero-order valence-electron chi connectivity index (χ0n) is 18.1. The van der Waals surface area contributed by atoms with Crippen molar-refractivity contribution in [2.75, 3.05) is 25.0 Å². The molecule has 3 rings (SSSR count). The highest BCUT2D eigenvalue weighted by molar-refractivity contribution is 6.05. The lowest BCUT2D eigenvalue weighted by Gasteiger charge is -2.21. The van der Waals surface area contributed by atoms with Crippen LogP contribution in [0.5, 0.6) is 5.75 Å². The molecule has 0 saturated heterocycles. The summed E-state index contributed by atoms with van der Waals surface area (Å²) in [6.07, 6.45) is 5.24. The van der Waals surface area contributed by atoms with Gasteiger partial charge in [-0.2, -0.15) is 4.58 Å². The Morgan fingerprint density at radius 1 is 1.04 bits per heavy atom. The Morgan fingerprint density at radius 3 is 2.36 bits per heavy atom. The maximum atomic E-state index is 10.6. The summed E-state index contributed by atoms with van der Waals surface area (Å²) in [4.78, 5) is 2.24. The van der Waals surface area contributed by atoms with Crippen LogP contribution in [0.1, 0.15) is 50.8 Å². The smallest absolute Gasteiger partial charge is 0.209 e. The predicted octanol–water partition coefficient (Wildman–Crippen LogP) is 5.66. The van der Waals surface area contributed by atoms with Gasteiger partial charge in [-0.3, -0.25) is 0 Å². The molecule has 1 N–H and O–H groups in total. The van der Waals surface area contributed by atoms with E-state index in [0.717, 1.165) is 30.8 Å². The van der Waals surface area contributed by atoms with Crippen molar-refractivity contribution in [1.82, 2.24) is 0 Å². The number of nitrogens with zero attached hydrogens (tertiary/aromatic N) is 2. The molecule has 3 heteroatoms. The Bertz CT molecular complexity index is 938. The number of anilines is 1. The molecular formula is C25H33N2O+. The third kappa shape index (κ3) is 3.34. The van der Waals surface area contributed by atoms with E-state index in [1.54, 1.807) is 0 Å². The molecule has 0 spiro atoms. The van der Waals surface area contributed by atoms with Crippen LogP contribution in [0.15, 0.2) is 42.5 Å². The summed E-state index contributed by atoms with van der Waals surface area (Å²) in [6, 6.07) is 12.7. The van der Waals surface area contributed by atoms with Crippen molar-refractivity contribution in [2.24, 2.45) is 0 Å². The lowest BCUT2D eigenvalue weighted by Crippen LogP contribution is -2.29. The van der Waals surface area contributed by atoms with E-state index in [4.69, 9.17) is 0 Å². The molecule has 1 heterocycles. The Labute approximate surface area is 169 Å². The van der Waals surface area contributed by atoms with Gasteiger partial charge in [0.15, 0.2) is 5.71 Å². The van der Waals surface area contributed by atoms with Crippen LogP contribution in [0, 0.1) is 6.92 Å². The highest BCUT2D eigenvalue weighted by atomic mass is 16.3. The van der Waals surface area contributed by atoms with Crippen molar-refractivity contribution in [2.45, 2.75) is 46.5 Å². The fourth-order valence-corrected chi connectivity index (χ4v) is 4.32. The Balaban J connectivity index is 1.97. The topological polar surface area (TPSA) is 26.5 Å². The van der Waals surface area contributed by atoms with Crippen LogP contribution in [0.25, 0.3) is 6.08 Å². The maximum absolute atomic E-state index is 10.6. The molecule has 1 unspecified atom stereocenters. The first-order valence-corrected chi connectivity index (χ1v) is 10.3. The normalized spacial score (nSPS) is 18.8. The van der Waals surface area contributed by atoms with E-state index in [1.807, 2.05) is 18.2 Å². The van der Waals surface area contributed by atoms with E-state index in [0.29, 0.717) is 5.75 Å². The van der Waals surface area contributed by atoms with Gasteiger partial charge in [-0.05, 0) is 58.4 Å². The van der Waals surface area contributed by atoms with Crippen LogP contribution in [-0.2, 0) is 5.41 Å². The first-order chi connectivity index (χ1) is 13.3.